The van der Waals surface area contributed by atoms with Gasteiger partial charge in [-0.2, -0.15) is 0 Å². The van der Waals surface area contributed by atoms with Crippen LogP contribution >= 0.6 is 23.4 Å². The van der Waals surface area contributed by atoms with Crippen LogP contribution in [-0.2, 0) is 11.2 Å². The zero-order valence-corrected chi connectivity index (χ0v) is 20.8. The van der Waals surface area contributed by atoms with Crippen LogP contribution in [0.2, 0.25) is 5.02 Å². The number of hydrogen-bond donors (Lipinski definition) is 1. The van der Waals surface area contributed by atoms with Crippen molar-refractivity contribution >= 4 is 35.3 Å². The third-order valence-electron chi connectivity index (χ3n) is 4.95. The van der Waals surface area contributed by atoms with Crippen LogP contribution in [0.4, 0.5) is 0 Å². The van der Waals surface area contributed by atoms with Crippen LogP contribution in [0.25, 0.3) is 11.8 Å². The summed E-state index contributed by atoms with van der Waals surface area (Å²) in [6.07, 6.45) is 7.20. The fourth-order valence-corrected chi connectivity index (χ4v) is 4.24. The van der Waals surface area contributed by atoms with Crippen LogP contribution in [-0.4, -0.2) is 33.0 Å². The molecular weight excluding hydrogens is 452 g/mol. The van der Waals surface area contributed by atoms with E-state index >= 15 is 0 Å². The number of benzene rings is 2. The van der Waals surface area contributed by atoms with Crippen molar-refractivity contribution in [3.63, 3.8) is 0 Å². The highest BCUT2D eigenvalue weighted by molar-refractivity contribution is 7.99. The van der Waals surface area contributed by atoms with Gasteiger partial charge in [0.2, 0.25) is 5.91 Å². The van der Waals surface area contributed by atoms with E-state index in [9.17, 15) is 4.79 Å². The van der Waals surface area contributed by atoms with Gasteiger partial charge in [0.1, 0.15) is 5.82 Å². The van der Waals surface area contributed by atoms with E-state index in [4.69, 9.17) is 11.6 Å². The number of thioether (sulfide) groups is 1. The van der Waals surface area contributed by atoms with E-state index in [0.29, 0.717) is 17.4 Å². The summed E-state index contributed by atoms with van der Waals surface area (Å²) in [6, 6.07) is 18.0. The van der Waals surface area contributed by atoms with E-state index in [1.165, 1.54) is 5.56 Å². The van der Waals surface area contributed by atoms with E-state index in [0.717, 1.165) is 48.2 Å². The van der Waals surface area contributed by atoms with Crippen molar-refractivity contribution in [3.05, 3.63) is 77.1 Å². The number of amides is 1. The van der Waals surface area contributed by atoms with Gasteiger partial charge in [0, 0.05) is 30.2 Å². The lowest BCUT2D eigenvalue weighted by Gasteiger charge is -2.10. The van der Waals surface area contributed by atoms with Crippen molar-refractivity contribution in [2.24, 2.45) is 5.92 Å². The molecule has 7 heteroatoms. The molecule has 1 amide bonds. The number of aryl methyl sites for hydroxylation is 1. The summed E-state index contributed by atoms with van der Waals surface area (Å²) in [4.78, 5) is 12.0. The molecule has 2 aromatic carbocycles. The minimum absolute atomic E-state index is 0.112. The first-order valence-electron chi connectivity index (χ1n) is 11.3. The van der Waals surface area contributed by atoms with Gasteiger partial charge in [-0.3, -0.25) is 9.36 Å². The molecule has 1 aromatic heterocycles. The van der Waals surface area contributed by atoms with Crippen molar-refractivity contribution in [2.75, 3.05) is 12.3 Å². The highest BCUT2D eigenvalue weighted by atomic mass is 35.5. The third-order valence-corrected chi connectivity index (χ3v) is 6.06. The number of rotatable bonds is 12. The lowest BCUT2D eigenvalue weighted by Crippen LogP contribution is -2.26. The first-order chi connectivity index (χ1) is 16.0. The van der Waals surface area contributed by atoms with Crippen molar-refractivity contribution in [2.45, 2.75) is 44.7 Å². The zero-order valence-electron chi connectivity index (χ0n) is 19.2. The summed E-state index contributed by atoms with van der Waals surface area (Å²) in [6.45, 7) is 4.91. The lowest BCUT2D eigenvalue weighted by atomic mass is 10.1. The molecule has 0 radical (unpaired) electrons. The minimum atomic E-state index is 0.112. The van der Waals surface area contributed by atoms with Gasteiger partial charge in [0.15, 0.2) is 5.16 Å². The number of halogens is 1. The topological polar surface area (TPSA) is 59.8 Å². The second-order valence-electron chi connectivity index (χ2n) is 8.24. The van der Waals surface area contributed by atoms with E-state index in [1.54, 1.807) is 11.8 Å². The molecule has 0 aliphatic carbocycles. The third kappa shape index (κ3) is 8.37. The SMILES string of the molecule is CC(C)CNC(=O)CCCCc1nnc(SC/C=C/c2ccccc2)n1-c1cccc(Cl)c1. The summed E-state index contributed by atoms with van der Waals surface area (Å²) in [5, 5.41) is 13.4. The van der Waals surface area contributed by atoms with Crippen LogP contribution in [0.1, 0.15) is 44.5 Å². The monoisotopic (exact) mass is 482 g/mol. The maximum Gasteiger partial charge on any atom is 0.220 e. The number of unbranched alkanes of at least 4 members (excludes halogenated alkanes) is 1. The number of hydrogen-bond acceptors (Lipinski definition) is 4. The fraction of sp³-hybridized carbons (Fsp3) is 0.346. The second-order valence-corrected chi connectivity index (χ2v) is 9.67. The summed E-state index contributed by atoms with van der Waals surface area (Å²) < 4.78 is 2.08. The average Bonchev–Trinajstić information content (AvgIpc) is 3.21. The number of carbonyl (C=O) groups is 1. The van der Waals surface area contributed by atoms with Crippen LogP contribution in [0.15, 0.2) is 65.8 Å². The van der Waals surface area contributed by atoms with Crippen molar-refractivity contribution in [3.8, 4) is 5.69 Å². The smallest absolute Gasteiger partial charge is 0.220 e. The molecule has 33 heavy (non-hydrogen) atoms. The Morgan fingerprint density at radius 1 is 1.12 bits per heavy atom. The molecular formula is C26H31ClN4OS. The molecule has 3 rings (SSSR count). The molecule has 5 nitrogen and oxygen atoms in total. The minimum Gasteiger partial charge on any atom is -0.356 e. The first-order valence-corrected chi connectivity index (χ1v) is 12.7. The molecule has 0 saturated carbocycles. The van der Waals surface area contributed by atoms with Crippen LogP contribution in [0.5, 0.6) is 0 Å². The Morgan fingerprint density at radius 2 is 1.94 bits per heavy atom. The summed E-state index contributed by atoms with van der Waals surface area (Å²) >= 11 is 7.89. The molecule has 1 N–H and O–H groups in total. The Morgan fingerprint density at radius 3 is 2.70 bits per heavy atom. The van der Waals surface area contributed by atoms with Gasteiger partial charge in [-0.25, -0.2) is 0 Å². The molecule has 0 unspecified atom stereocenters. The maximum absolute atomic E-state index is 12.0. The molecule has 0 aliphatic heterocycles. The van der Waals surface area contributed by atoms with Crippen molar-refractivity contribution in [1.29, 1.82) is 0 Å². The predicted molar refractivity (Wildman–Crippen MR) is 138 cm³/mol. The maximum atomic E-state index is 12.0. The first kappa shape index (κ1) is 25.1. The molecule has 3 aromatic rings. The molecule has 0 atom stereocenters. The van der Waals surface area contributed by atoms with Gasteiger partial charge < -0.3 is 5.32 Å². The van der Waals surface area contributed by atoms with Crippen LogP contribution < -0.4 is 5.32 Å². The number of nitrogens with zero attached hydrogens (tertiary/aromatic N) is 3. The van der Waals surface area contributed by atoms with Gasteiger partial charge in [0.25, 0.3) is 0 Å². The Bertz CT molecular complexity index is 1050. The zero-order chi connectivity index (χ0) is 23.5. The fourth-order valence-electron chi connectivity index (χ4n) is 3.28. The Labute approximate surface area is 205 Å². The Balaban J connectivity index is 1.63. The van der Waals surface area contributed by atoms with E-state index in [-0.39, 0.29) is 5.91 Å². The van der Waals surface area contributed by atoms with Gasteiger partial charge in [-0.15, -0.1) is 10.2 Å². The van der Waals surface area contributed by atoms with Gasteiger partial charge >= 0.3 is 0 Å². The van der Waals surface area contributed by atoms with Crippen LogP contribution in [0, 0.1) is 5.92 Å². The normalized spacial score (nSPS) is 11.4. The highest BCUT2D eigenvalue weighted by Gasteiger charge is 2.14. The molecule has 1 heterocycles. The summed E-state index contributed by atoms with van der Waals surface area (Å²) in [7, 11) is 0. The van der Waals surface area contributed by atoms with Gasteiger partial charge in [-0.05, 0) is 42.5 Å². The second kappa shape index (κ2) is 13.2. The number of carbonyl (C=O) groups excluding carboxylic acids is 1. The quantitative estimate of drug-likeness (QED) is 0.246. The Hall–Kier alpha value is -2.57. The largest absolute Gasteiger partial charge is 0.356 e. The van der Waals surface area contributed by atoms with E-state index in [1.807, 2.05) is 42.5 Å². The molecule has 0 saturated heterocycles. The molecule has 0 aliphatic rings. The summed E-state index contributed by atoms with van der Waals surface area (Å²) in [5.41, 5.74) is 2.12. The van der Waals surface area contributed by atoms with Crippen molar-refractivity contribution < 1.29 is 4.79 Å². The van der Waals surface area contributed by atoms with Crippen LogP contribution in [0.3, 0.4) is 0 Å². The predicted octanol–water partition coefficient (Wildman–Crippen LogP) is 6.21. The molecule has 0 spiro atoms. The molecule has 0 fully saturated rings. The standard InChI is InChI=1S/C26H31ClN4OS/c1-20(2)19-28-25(32)16-7-6-15-24-29-30-26(31(24)23-14-8-13-22(27)18-23)33-17-9-12-21-10-4-3-5-11-21/h3-5,8-14,18,20H,6-7,15-17,19H2,1-2H3,(H,28,32)/b12-9+. The lowest BCUT2D eigenvalue weighted by molar-refractivity contribution is -0.121. The average molecular weight is 483 g/mol. The molecule has 174 valence electrons. The molecule has 0 bridgehead atoms. The van der Waals surface area contributed by atoms with E-state index in [2.05, 4.69) is 58.2 Å². The van der Waals surface area contributed by atoms with Gasteiger partial charge in [-0.1, -0.05) is 85.8 Å². The van der Waals surface area contributed by atoms with E-state index < -0.39 is 0 Å². The summed E-state index contributed by atoms with van der Waals surface area (Å²) in [5.74, 6) is 2.24. The number of nitrogens with one attached hydrogen (secondary N) is 1. The highest BCUT2D eigenvalue weighted by Crippen LogP contribution is 2.25. The van der Waals surface area contributed by atoms with Gasteiger partial charge in [0.05, 0.1) is 5.69 Å². The van der Waals surface area contributed by atoms with Crippen molar-refractivity contribution in [1.82, 2.24) is 20.1 Å². The number of aromatic nitrogens is 3. The Kier molecular flexibility index (Phi) is 10.0.